The van der Waals surface area contributed by atoms with Crippen LogP contribution in [0.2, 0.25) is 0 Å². The molecule has 0 radical (unpaired) electrons. The molecule has 1 aromatic carbocycles. The molecule has 0 amide bonds. The molecule has 7 heteroatoms. The van der Waals surface area contributed by atoms with Gasteiger partial charge in [-0.1, -0.05) is 6.92 Å². The van der Waals surface area contributed by atoms with Crippen LogP contribution in [0.15, 0.2) is 23.1 Å². The number of nitrogen functional groups attached to an aromatic ring is 1. The SMILES string of the molecule is CC[C@H](CO)NS(=O)(=O)c1cc(F)ccc1N. The third kappa shape index (κ3) is 3.39. The number of anilines is 1. The van der Waals surface area contributed by atoms with Gasteiger partial charge in [-0.25, -0.2) is 17.5 Å². The van der Waals surface area contributed by atoms with Gasteiger partial charge in [-0.15, -0.1) is 0 Å². The van der Waals surface area contributed by atoms with E-state index in [2.05, 4.69) is 4.72 Å². The highest BCUT2D eigenvalue weighted by Crippen LogP contribution is 2.19. The molecule has 0 aliphatic heterocycles. The molecule has 17 heavy (non-hydrogen) atoms. The number of sulfonamides is 1. The lowest BCUT2D eigenvalue weighted by Crippen LogP contribution is -2.37. The molecular formula is C10H15FN2O3S. The van der Waals surface area contributed by atoms with Gasteiger partial charge < -0.3 is 10.8 Å². The van der Waals surface area contributed by atoms with Gasteiger partial charge in [-0.2, -0.15) is 0 Å². The topological polar surface area (TPSA) is 92.4 Å². The van der Waals surface area contributed by atoms with E-state index >= 15 is 0 Å². The molecule has 0 saturated carbocycles. The van der Waals surface area contributed by atoms with Crippen LogP contribution in [0.5, 0.6) is 0 Å². The van der Waals surface area contributed by atoms with E-state index in [4.69, 9.17) is 10.8 Å². The summed E-state index contributed by atoms with van der Waals surface area (Å²) < 4.78 is 39.0. The Morgan fingerprint density at radius 2 is 2.18 bits per heavy atom. The fourth-order valence-corrected chi connectivity index (χ4v) is 2.73. The summed E-state index contributed by atoms with van der Waals surface area (Å²) >= 11 is 0. The van der Waals surface area contributed by atoms with Crippen molar-refractivity contribution in [2.24, 2.45) is 0 Å². The zero-order valence-corrected chi connectivity index (χ0v) is 10.2. The van der Waals surface area contributed by atoms with Crippen molar-refractivity contribution in [2.45, 2.75) is 24.3 Å². The van der Waals surface area contributed by atoms with Crippen LogP contribution in [0.1, 0.15) is 13.3 Å². The van der Waals surface area contributed by atoms with E-state index in [1.165, 1.54) is 6.07 Å². The Labute approximate surface area is 99.5 Å². The molecule has 0 heterocycles. The summed E-state index contributed by atoms with van der Waals surface area (Å²) in [7, 11) is -3.91. The highest BCUT2D eigenvalue weighted by molar-refractivity contribution is 7.89. The first kappa shape index (κ1) is 13.9. The van der Waals surface area contributed by atoms with Crippen molar-refractivity contribution in [3.63, 3.8) is 0 Å². The number of benzene rings is 1. The predicted octanol–water partition coefficient (Wildman–Crippen LogP) is 0.457. The van der Waals surface area contributed by atoms with Crippen molar-refractivity contribution >= 4 is 15.7 Å². The lowest BCUT2D eigenvalue weighted by atomic mass is 10.3. The number of aliphatic hydroxyl groups excluding tert-OH is 1. The van der Waals surface area contributed by atoms with Crippen LogP contribution in [0, 0.1) is 5.82 Å². The second-order valence-electron chi connectivity index (χ2n) is 3.59. The predicted molar refractivity (Wildman–Crippen MR) is 62.3 cm³/mol. The third-order valence-corrected chi connectivity index (χ3v) is 3.88. The van der Waals surface area contributed by atoms with E-state index in [1.807, 2.05) is 0 Å². The zero-order valence-electron chi connectivity index (χ0n) is 9.35. The van der Waals surface area contributed by atoms with Crippen molar-refractivity contribution in [1.82, 2.24) is 4.72 Å². The van der Waals surface area contributed by atoms with E-state index in [-0.39, 0.29) is 17.2 Å². The van der Waals surface area contributed by atoms with Gasteiger partial charge >= 0.3 is 0 Å². The van der Waals surface area contributed by atoms with Gasteiger partial charge in [0.25, 0.3) is 0 Å². The van der Waals surface area contributed by atoms with E-state index in [1.54, 1.807) is 6.92 Å². The Morgan fingerprint density at radius 3 is 2.71 bits per heavy atom. The van der Waals surface area contributed by atoms with Crippen LogP contribution < -0.4 is 10.5 Å². The standard InChI is InChI=1S/C10H15FN2O3S/c1-2-8(6-14)13-17(15,16)10-5-7(11)3-4-9(10)12/h3-5,8,13-14H,2,6,12H2,1H3/t8-/m1/s1. The Balaban J connectivity index is 3.09. The van der Waals surface area contributed by atoms with Crippen LogP contribution in [0.3, 0.4) is 0 Å². The smallest absolute Gasteiger partial charge is 0.243 e. The Kier molecular flexibility index (Phi) is 4.44. The van der Waals surface area contributed by atoms with Gasteiger partial charge in [-0.05, 0) is 24.6 Å². The normalized spacial score (nSPS) is 13.6. The molecule has 1 atom stereocenters. The number of hydrogen-bond acceptors (Lipinski definition) is 4. The van der Waals surface area contributed by atoms with Crippen LogP contribution in [0.25, 0.3) is 0 Å². The molecule has 4 N–H and O–H groups in total. The first-order valence-electron chi connectivity index (χ1n) is 5.09. The molecule has 1 aromatic rings. The molecule has 5 nitrogen and oxygen atoms in total. The summed E-state index contributed by atoms with van der Waals surface area (Å²) in [5.74, 6) is -0.684. The largest absolute Gasteiger partial charge is 0.398 e. The molecule has 0 spiro atoms. The summed E-state index contributed by atoms with van der Waals surface area (Å²) in [6.45, 7) is 1.39. The van der Waals surface area contributed by atoms with Gasteiger partial charge in [0.1, 0.15) is 10.7 Å². The molecule has 0 bridgehead atoms. The Bertz CT molecular complexity index is 486. The van der Waals surface area contributed by atoms with Gasteiger partial charge in [0, 0.05) is 6.04 Å². The first-order valence-corrected chi connectivity index (χ1v) is 6.57. The zero-order chi connectivity index (χ0) is 13.1. The molecule has 1 rings (SSSR count). The Hall–Kier alpha value is -1.18. The number of rotatable bonds is 5. The minimum absolute atomic E-state index is 0.0355. The van der Waals surface area contributed by atoms with E-state index in [9.17, 15) is 12.8 Å². The summed E-state index contributed by atoms with van der Waals surface area (Å²) in [6.07, 6.45) is 0.422. The molecular weight excluding hydrogens is 247 g/mol. The van der Waals surface area contributed by atoms with Crippen LogP contribution in [0.4, 0.5) is 10.1 Å². The van der Waals surface area contributed by atoms with Crippen molar-refractivity contribution in [1.29, 1.82) is 0 Å². The van der Waals surface area contributed by atoms with Crippen molar-refractivity contribution < 1.29 is 17.9 Å². The quantitative estimate of drug-likeness (QED) is 0.672. The number of hydrogen-bond donors (Lipinski definition) is 3. The second kappa shape index (κ2) is 5.44. The number of nitrogens with two attached hydrogens (primary N) is 1. The number of halogens is 1. The highest BCUT2D eigenvalue weighted by atomic mass is 32.2. The van der Waals surface area contributed by atoms with Crippen molar-refractivity contribution in [3.05, 3.63) is 24.0 Å². The first-order chi connectivity index (χ1) is 7.90. The highest BCUT2D eigenvalue weighted by Gasteiger charge is 2.21. The maximum atomic E-state index is 13.0. The number of aliphatic hydroxyl groups is 1. The van der Waals surface area contributed by atoms with Gasteiger partial charge in [-0.3, -0.25) is 0 Å². The summed E-state index contributed by atoms with van der Waals surface area (Å²) in [5.41, 5.74) is 5.45. The minimum atomic E-state index is -3.91. The summed E-state index contributed by atoms with van der Waals surface area (Å²) in [5, 5.41) is 8.93. The van der Waals surface area contributed by atoms with Gasteiger partial charge in [0.15, 0.2) is 0 Å². The van der Waals surface area contributed by atoms with Gasteiger partial charge in [0.05, 0.1) is 12.3 Å². The molecule has 0 saturated heterocycles. The Morgan fingerprint density at radius 1 is 1.53 bits per heavy atom. The van der Waals surface area contributed by atoms with Gasteiger partial charge in [0.2, 0.25) is 10.0 Å². The summed E-state index contributed by atoms with van der Waals surface area (Å²) in [6, 6.07) is 2.51. The molecule has 96 valence electrons. The molecule has 0 aliphatic rings. The monoisotopic (exact) mass is 262 g/mol. The maximum Gasteiger partial charge on any atom is 0.243 e. The van der Waals surface area contributed by atoms with Crippen LogP contribution in [-0.4, -0.2) is 26.2 Å². The minimum Gasteiger partial charge on any atom is -0.398 e. The second-order valence-corrected chi connectivity index (χ2v) is 5.27. The van der Waals surface area contributed by atoms with E-state index in [0.717, 1.165) is 12.1 Å². The van der Waals surface area contributed by atoms with Crippen LogP contribution in [-0.2, 0) is 10.0 Å². The fraction of sp³-hybridized carbons (Fsp3) is 0.400. The number of nitrogens with one attached hydrogen (secondary N) is 1. The summed E-state index contributed by atoms with van der Waals surface area (Å²) in [4.78, 5) is -0.315. The lowest BCUT2D eigenvalue weighted by Gasteiger charge is -2.15. The van der Waals surface area contributed by atoms with E-state index in [0.29, 0.717) is 6.42 Å². The fourth-order valence-electron chi connectivity index (χ4n) is 1.27. The van der Waals surface area contributed by atoms with E-state index < -0.39 is 21.9 Å². The van der Waals surface area contributed by atoms with Crippen LogP contribution >= 0.6 is 0 Å². The molecule has 0 fully saturated rings. The van der Waals surface area contributed by atoms with Crippen molar-refractivity contribution in [2.75, 3.05) is 12.3 Å². The van der Waals surface area contributed by atoms with Crippen molar-refractivity contribution in [3.8, 4) is 0 Å². The molecule has 0 unspecified atom stereocenters. The average molecular weight is 262 g/mol. The maximum absolute atomic E-state index is 13.0. The lowest BCUT2D eigenvalue weighted by molar-refractivity contribution is 0.254. The molecule has 0 aromatic heterocycles. The average Bonchev–Trinajstić information content (AvgIpc) is 2.29. The molecule has 0 aliphatic carbocycles. The third-order valence-electron chi connectivity index (χ3n) is 2.30.